The fourth-order valence-electron chi connectivity index (χ4n) is 5.05. The Labute approximate surface area is 127 Å². The summed E-state index contributed by atoms with van der Waals surface area (Å²) < 4.78 is 0. The van der Waals surface area contributed by atoms with E-state index < -0.39 is 0 Å². The zero-order valence-corrected chi connectivity index (χ0v) is 13.3. The molecule has 1 saturated heterocycles. The van der Waals surface area contributed by atoms with E-state index in [2.05, 4.69) is 17.3 Å². The van der Waals surface area contributed by atoms with Crippen LogP contribution in [-0.4, -0.2) is 35.8 Å². The van der Waals surface area contributed by atoms with E-state index in [0.717, 1.165) is 17.7 Å². The monoisotopic (exact) mass is 292 g/mol. The molecule has 2 fully saturated rings. The second-order valence-corrected chi connectivity index (χ2v) is 7.66. The van der Waals surface area contributed by atoms with Crippen LogP contribution < -0.4 is 10.2 Å². The Hall–Kier alpha value is -0.610. The molecule has 1 unspecified atom stereocenters. The summed E-state index contributed by atoms with van der Waals surface area (Å²) in [5.74, 6) is 0.756. The molecule has 2 atom stereocenters. The van der Waals surface area contributed by atoms with Crippen LogP contribution in [0.3, 0.4) is 0 Å². The van der Waals surface area contributed by atoms with Gasteiger partial charge < -0.3 is 10.2 Å². The zero-order chi connectivity index (χ0) is 13.7. The van der Waals surface area contributed by atoms with Gasteiger partial charge in [-0.1, -0.05) is 19.3 Å². The molecule has 2 aliphatic carbocycles. The summed E-state index contributed by atoms with van der Waals surface area (Å²) in [4.78, 5) is 4.04. The van der Waals surface area contributed by atoms with Crippen LogP contribution in [0.15, 0.2) is 11.3 Å². The molecule has 4 rings (SSSR count). The summed E-state index contributed by atoms with van der Waals surface area (Å²) >= 11 is 5.76. The van der Waals surface area contributed by atoms with Crippen molar-refractivity contribution in [2.75, 3.05) is 20.3 Å². The van der Waals surface area contributed by atoms with Gasteiger partial charge in [-0.25, -0.2) is 0 Å². The third kappa shape index (κ3) is 1.84. The number of nitrogens with zero attached hydrogens (tertiary/aromatic N) is 1. The van der Waals surface area contributed by atoms with Crippen LogP contribution in [0, 0.1) is 5.92 Å². The Bertz CT molecular complexity index is 464. The maximum Gasteiger partial charge on any atom is 0.178 e. The van der Waals surface area contributed by atoms with Crippen LogP contribution in [0.25, 0.3) is 0 Å². The fraction of sp³-hybridized carbons (Fsp3) is 0.812. The maximum atomic E-state index is 5.76. The van der Waals surface area contributed by atoms with E-state index in [9.17, 15) is 0 Å². The Morgan fingerprint density at radius 2 is 2.05 bits per heavy atom. The molecule has 4 heteroatoms. The van der Waals surface area contributed by atoms with Crippen LogP contribution in [0.2, 0.25) is 0 Å². The van der Waals surface area contributed by atoms with Gasteiger partial charge in [-0.15, -0.1) is 0 Å². The highest BCUT2D eigenvalue weighted by Crippen LogP contribution is 2.46. The van der Waals surface area contributed by atoms with Crippen molar-refractivity contribution in [3.8, 4) is 0 Å². The molecular weight excluding hydrogens is 266 g/mol. The Balaban J connectivity index is 1.81. The lowest BCUT2D eigenvalue weighted by molar-refractivity contribution is -0.896. The van der Waals surface area contributed by atoms with E-state index in [1.165, 1.54) is 57.9 Å². The second-order valence-electron chi connectivity index (χ2n) is 7.27. The molecule has 0 aromatic heterocycles. The Morgan fingerprint density at radius 3 is 2.85 bits per heavy atom. The summed E-state index contributed by atoms with van der Waals surface area (Å²) in [6, 6.07) is 0. The van der Waals surface area contributed by atoms with Gasteiger partial charge in [0.1, 0.15) is 0 Å². The van der Waals surface area contributed by atoms with Crippen LogP contribution in [0.4, 0.5) is 0 Å². The third-order valence-electron chi connectivity index (χ3n) is 5.87. The van der Waals surface area contributed by atoms with Crippen LogP contribution in [0.1, 0.15) is 51.4 Å². The van der Waals surface area contributed by atoms with E-state index in [4.69, 9.17) is 12.2 Å². The molecule has 20 heavy (non-hydrogen) atoms. The summed E-state index contributed by atoms with van der Waals surface area (Å²) in [6.45, 7) is 2.35. The number of hydrogen-bond acceptors (Lipinski definition) is 1. The number of quaternary nitrogens is 1. The van der Waals surface area contributed by atoms with Crippen molar-refractivity contribution in [3.63, 3.8) is 0 Å². The highest BCUT2D eigenvalue weighted by atomic mass is 32.1. The van der Waals surface area contributed by atoms with Crippen molar-refractivity contribution in [1.29, 1.82) is 0 Å². The Kier molecular flexibility index (Phi) is 3.08. The molecule has 2 heterocycles. The first-order valence-electron chi connectivity index (χ1n) is 8.34. The summed E-state index contributed by atoms with van der Waals surface area (Å²) in [7, 11) is 2.30. The minimum Gasteiger partial charge on any atom is -0.353 e. The van der Waals surface area contributed by atoms with Gasteiger partial charge in [-0.3, -0.25) is 4.90 Å². The van der Waals surface area contributed by atoms with E-state index in [0.29, 0.717) is 0 Å². The molecule has 3 nitrogen and oxygen atoms in total. The van der Waals surface area contributed by atoms with Crippen molar-refractivity contribution in [2.24, 2.45) is 5.92 Å². The van der Waals surface area contributed by atoms with Gasteiger partial charge in [0.2, 0.25) is 0 Å². The fourth-order valence-corrected chi connectivity index (χ4v) is 5.41. The zero-order valence-electron chi connectivity index (χ0n) is 12.5. The van der Waals surface area contributed by atoms with E-state index in [-0.39, 0.29) is 5.54 Å². The molecular formula is C16H26N3S+. The van der Waals surface area contributed by atoms with Crippen molar-refractivity contribution in [3.05, 3.63) is 11.3 Å². The van der Waals surface area contributed by atoms with Crippen molar-refractivity contribution < 1.29 is 4.90 Å². The normalized spacial score (nSPS) is 35.9. The number of thiocarbonyl (C=S) groups is 1. The van der Waals surface area contributed by atoms with Crippen molar-refractivity contribution >= 4 is 17.3 Å². The first-order chi connectivity index (χ1) is 9.70. The number of rotatable bonds is 0. The first kappa shape index (κ1) is 13.1. The van der Waals surface area contributed by atoms with E-state index in [1.807, 2.05) is 0 Å². The molecule has 2 aliphatic heterocycles. The largest absolute Gasteiger partial charge is 0.353 e. The van der Waals surface area contributed by atoms with Crippen molar-refractivity contribution in [1.82, 2.24) is 10.2 Å². The molecule has 1 saturated carbocycles. The van der Waals surface area contributed by atoms with Crippen LogP contribution in [0.5, 0.6) is 0 Å². The minimum absolute atomic E-state index is 0.241. The predicted octanol–water partition coefficient (Wildman–Crippen LogP) is 1.42. The smallest absolute Gasteiger partial charge is 0.178 e. The maximum absolute atomic E-state index is 5.76. The number of fused-ring (bicyclic) bond motifs is 1. The number of nitrogens with one attached hydrogen (secondary N) is 2. The topological polar surface area (TPSA) is 19.7 Å². The second kappa shape index (κ2) is 4.70. The quantitative estimate of drug-likeness (QED) is 0.659. The average molecular weight is 292 g/mol. The SMILES string of the molecule is C[NH+]1C[C@@H]2CCCC3=C2N(C1)C(=S)NC31CCCCC1. The lowest BCUT2D eigenvalue weighted by Gasteiger charge is -2.54. The van der Waals surface area contributed by atoms with Gasteiger partial charge in [0.25, 0.3) is 0 Å². The standard InChI is InChI=1S/C16H25N3S/c1-18-10-12-6-5-7-13-14(12)19(11-18)15(20)17-16(13)8-3-2-4-9-16/h12H,2-11H2,1H3,(H,17,20)/p+1/t12-/m0/s1. The third-order valence-corrected chi connectivity index (χ3v) is 6.19. The molecule has 0 aromatic carbocycles. The molecule has 0 radical (unpaired) electrons. The molecule has 0 aromatic rings. The van der Waals surface area contributed by atoms with Gasteiger partial charge in [0.15, 0.2) is 11.8 Å². The lowest BCUT2D eigenvalue weighted by Crippen LogP contribution is -3.13. The van der Waals surface area contributed by atoms with Gasteiger partial charge in [0, 0.05) is 11.6 Å². The van der Waals surface area contributed by atoms with Gasteiger partial charge in [0.05, 0.1) is 19.1 Å². The minimum atomic E-state index is 0.241. The van der Waals surface area contributed by atoms with Gasteiger partial charge in [-0.2, -0.15) is 0 Å². The van der Waals surface area contributed by atoms with E-state index >= 15 is 0 Å². The number of hydrogen-bond donors (Lipinski definition) is 2. The highest BCUT2D eigenvalue weighted by molar-refractivity contribution is 7.80. The van der Waals surface area contributed by atoms with E-state index in [1.54, 1.807) is 16.2 Å². The summed E-state index contributed by atoms with van der Waals surface area (Å²) in [6.07, 6.45) is 10.8. The molecule has 0 amide bonds. The molecule has 4 aliphatic rings. The Morgan fingerprint density at radius 1 is 1.25 bits per heavy atom. The highest BCUT2D eigenvalue weighted by Gasteiger charge is 2.48. The lowest BCUT2D eigenvalue weighted by atomic mass is 9.68. The summed E-state index contributed by atoms with van der Waals surface area (Å²) in [5, 5.41) is 4.80. The molecule has 1 spiro atoms. The van der Waals surface area contributed by atoms with Crippen molar-refractivity contribution in [2.45, 2.75) is 56.9 Å². The molecule has 2 N–H and O–H groups in total. The van der Waals surface area contributed by atoms with Crippen LogP contribution >= 0.6 is 12.2 Å². The molecule has 0 bridgehead atoms. The molecule has 110 valence electrons. The van der Waals surface area contributed by atoms with Crippen LogP contribution in [-0.2, 0) is 0 Å². The van der Waals surface area contributed by atoms with Gasteiger partial charge in [-0.05, 0) is 49.9 Å². The first-order valence-corrected chi connectivity index (χ1v) is 8.75. The average Bonchev–Trinajstić information content (AvgIpc) is 2.45. The predicted molar refractivity (Wildman–Crippen MR) is 84.4 cm³/mol. The summed E-state index contributed by atoms with van der Waals surface area (Å²) in [5.41, 5.74) is 3.63. The van der Waals surface area contributed by atoms with Gasteiger partial charge >= 0.3 is 0 Å².